The van der Waals surface area contributed by atoms with Crippen molar-refractivity contribution in [3.8, 4) is 0 Å². The molecule has 1 aliphatic carbocycles. The second-order valence-electron chi connectivity index (χ2n) is 8.65. The number of amides is 2. The molecule has 0 radical (unpaired) electrons. The van der Waals surface area contributed by atoms with E-state index in [1.54, 1.807) is 10.7 Å². The zero-order valence-electron chi connectivity index (χ0n) is 17.9. The van der Waals surface area contributed by atoms with Crippen molar-refractivity contribution in [3.05, 3.63) is 64.0 Å². The Morgan fingerprint density at radius 1 is 1.10 bits per heavy atom. The molecule has 1 aromatic carbocycles. The van der Waals surface area contributed by atoms with Crippen LogP contribution in [0.4, 0.5) is 0 Å². The van der Waals surface area contributed by atoms with Gasteiger partial charge in [0.1, 0.15) is 0 Å². The molecule has 2 atom stereocenters. The van der Waals surface area contributed by atoms with Crippen molar-refractivity contribution in [3.63, 3.8) is 0 Å². The number of hydrogen-bond acceptors (Lipinski definition) is 4. The van der Waals surface area contributed by atoms with Crippen molar-refractivity contribution < 1.29 is 9.59 Å². The summed E-state index contributed by atoms with van der Waals surface area (Å²) in [5, 5.41) is 10.5. The van der Waals surface area contributed by atoms with E-state index in [1.807, 2.05) is 57.2 Å². The molecule has 0 unspecified atom stereocenters. The average Bonchev–Trinajstić information content (AvgIpc) is 3.36. The van der Waals surface area contributed by atoms with E-state index in [9.17, 15) is 9.59 Å². The van der Waals surface area contributed by atoms with Crippen molar-refractivity contribution in [1.82, 2.24) is 25.2 Å². The van der Waals surface area contributed by atoms with Crippen LogP contribution in [0.2, 0.25) is 0 Å². The minimum atomic E-state index is -0.624. The minimum absolute atomic E-state index is 0.00523. The quantitative estimate of drug-likeness (QED) is 0.580. The first-order chi connectivity index (χ1) is 14.8. The normalized spacial score (nSPS) is 18.8. The monoisotopic (exact) mass is 483 g/mol. The molecule has 0 spiro atoms. The largest absolute Gasteiger partial charge is 0.353 e. The van der Waals surface area contributed by atoms with Crippen LogP contribution in [-0.2, 0) is 10.2 Å². The third-order valence-electron chi connectivity index (χ3n) is 6.01. The molecule has 162 valence electrons. The summed E-state index contributed by atoms with van der Waals surface area (Å²) in [6.45, 7) is 5.93. The zero-order chi connectivity index (χ0) is 22.2. The summed E-state index contributed by atoms with van der Waals surface area (Å²) in [7, 11) is 0. The number of carbonyl (C=O) groups is 2. The maximum Gasteiger partial charge on any atom is 0.291 e. The lowest BCUT2D eigenvalue weighted by Crippen LogP contribution is -2.45. The van der Waals surface area contributed by atoms with Crippen molar-refractivity contribution in [1.29, 1.82) is 0 Å². The van der Waals surface area contributed by atoms with Crippen molar-refractivity contribution in [2.75, 3.05) is 0 Å². The number of aromatic nitrogens is 3. The molecule has 0 bridgehead atoms. The average molecular weight is 484 g/mol. The van der Waals surface area contributed by atoms with Gasteiger partial charge in [-0.3, -0.25) is 9.59 Å². The number of carbonyl (C=O) groups excluding carboxylic acids is 2. The first-order valence-corrected chi connectivity index (χ1v) is 11.2. The van der Waals surface area contributed by atoms with Crippen molar-refractivity contribution in [2.45, 2.75) is 57.5 Å². The van der Waals surface area contributed by atoms with Crippen LogP contribution in [0.25, 0.3) is 5.65 Å². The third-order valence-corrected chi connectivity index (χ3v) is 6.63. The Morgan fingerprint density at radius 3 is 2.52 bits per heavy atom. The SMILES string of the molecule is Cc1ccccc1C(C)(C)C(=O)N[C@@H]1CC[C@H](NC(=O)c2nc3c(Br)cccn3n2)C1. The molecule has 0 saturated heterocycles. The van der Waals surface area contributed by atoms with E-state index in [1.165, 1.54) is 0 Å². The molecule has 31 heavy (non-hydrogen) atoms. The van der Waals surface area contributed by atoms with Crippen molar-refractivity contribution >= 4 is 33.4 Å². The Labute approximate surface area is 189 Å². The summed E-state index contributed by atoms with van der Waals surface area (Å²) in [6.07, 6.45) is 4.07. The Balaban J connectivity index is 1.37. The molecule has 8 heteroatoms. The molecule has 2 aromatic heterocycles. The molecular weight excluding hydrogens is 458 g/mol. The number of halogens is 1. The van der Waals surface area contributed by atoms with E-state index in [4.69, 9.17) is 0 Å². The summed E-state index contributed by atoms with van der Waals surface area (Å²) in [5.74, 6) is -0.154. The van der Waals surface area contributed by atoms with Gasteiger partial charge in [-0.15, -0.1) is 5.10 Å². The number of nitrogens with zero attached hydrogens (tertiary/aromatic N) is 3. The molecule has 2 amide bonds. The standard InChI is InChI=1S/C23H26BrN5O2/c1-14-7-4-5-8-17(14)23(2,3)22(31)26-16-11-10-15(13-16)25-21(30)19-27-20-18(24)9-6-12-29(20)28-19/h4-9,12,15-16H,10-11,13H2,1-3H3,(H,25,30)(H,26,31)/t15-,16+/m0/s1. The molecule has 1 aliphatic rings. The molecule has 3 aromatic rings. The highest BCUT2D eigenvalue weighted by Crippen LogP contribution is 2.28. The first-order valence-electron chi connectivity index (χ1n) is 10.4. The highest BCUT2D eigenvalue weighted by molar-refractivity contribution is 9.10. The van der Waals surface area contributed by atoms with Gasteiger partial charge in [-0.25, -0.2) is 9.50 Å². The van der Waals surface area contributed by atoms with E-state index >= 15 is 0 Å². The first kappa shape index (κ1) is 21.5. The number of fused-ring (bicyclic) bond motifs is 1. The van der Waals surface area contributed by atoms with E-state index < -0.39 is 5.41 Å². The van der Waals surface area contributed by atoms with Gasteiger partial charge >= 0.3 is 0 Å². The van der Waals surface area contributed by atoms with Crippen LogP contribution in [-0.4, -0.2) is 38.5 Å². The summed E-state index contributed by atoms with van der Waals surface area (Å²) in [6, 6.07) is 11.7. The summed E-state index contributed by atoms with van der Waals surface area (Å²) in [5.41, 5.74) is 2.11. The molecule has 4 rings (SSSR count). The lowest BCUT2D eigenvalue weighted by molar-refractivity contribution is -0.126. The van der Waals surface area contributed by atoms with E-state index in [0.29, 0.717) is 12.1 Å². The molecule has 1 fully saturated rings. The second kappa shape index (κ2) is 8.42. The minimum Gasteiger partial charge on any atom is -0.353 e. The molecule has 1 saturated carbocycles. The second-order valence-corrected chi connectivity index (χ2v) is 9.51. The highest BCUT2D eigenvalue weighted by atomic mass is 79.9. The molecule has 2 heterocycles. The molecule has 0 aliphatic heterocycles. The van der Waals surface area contributed by atoms with E-state index in [2.05, 4.69) is 36.6 Å². The number of benzene rings is 1. The molecular formula is C23H26BrN5O2. The Hall–Kier alpha value is -2.74. The fourth-order valence-corrected chi connectivity index (χ4v) is 4.65. The van der Waals surface area contributed by atoms with Crippen LogP contribution in [0.3, 0.4) is 0 Å². The number of aryl methyl sites for hydroxylation is 1. The summed E-state index contributed by atoms with van der Waals surface area (Å²) < 4.78 is 2.35. The van der Waals surface area contributed by atoms with Crippen LogP contribution < -0.4 is 10.6 Å². The van der Waals surface area contributed by atoms with Gasteiger partial charge in [-0.2, -0.15) is 0 Å². The van der Waals surface area contributed by atoms with Gasteiger partial charge in [0, 0.05) is 18.3 Å². The smallest absolute Gasteiger partial charge is 0.291 e. The summed E-state index contributed by atoms with van der Waals surface area (Å²) in [4.78, 5) is 30.0. The Bertz CT molecular complexity index is 1140. The Morgan fingerprint density at radius 2 is 1.81 bits per heavy atom. The predicted molar refractivity (Wildman–Crippen MR) is 122 cm³/mol. The van der Waals surface area contributed by atoms with Crippen LogP contribution >= 0.6 is 15.9 Å². The van der Waals surface area contributed by atoms with Gasteiger partial charge in [-0.05, 0) is 79.2 Å². The number of nitrogens with one attached hydrogen (secondary N) is 2. The number of pyridine rings is 1. The van der Waals surface area contributed by atoms with Crippen LogP contribution in [0, 0.1) is 6.92 Å². The maximum absolute atomic E-state index is 13.0. The van der Waals surface area contributed by atoms with Gasteiger partial charge in [0.2, 0.25) is 11.7 Å². The van der Waals surface area contributed by atoms with Gasteiger partial charge in [0.25, 0.3) is 5.91 Å². The van der Waals surface area contributed by atoms with Crippen LogP contribution in [0.15, 0.2) is 47.1 Å². The lowest BCUT2D eigenvalue weighted by Gasteiger charge is -2.28. The van der Waals surface area contributed by atoms with Crippen LogP contribution in [0.5, 0.6) is 0 Å². The van der Waals surface area contributed by atoms with Crippen LogP contribution in [0.1, 0.15) is 54.9 Å². The van der Waals surface area contributed by atoms with Crippen molar-refractivity contribution in [2.24, 2.45) is 0 Å². The van der Waals surface area contributed by atoms with Gasteiger partial charge in [0.05, 0.1) is 9.89 Å². The predicted octanol–water partition coefficient (Wildman–Crippen LogP) is 3.55. The van der Waals surface area contributed by atoms with E-state index in [-0.39, 0.29) is 29.7 Å². The number of rotatable bonds is 5. The molecule has 7 nitrogen and oxygen atoms in total. The molecule has 2 N–H and O–H groups in total. The highest BCUT2D eigenvalue weighted by Gasteiger charge is 2.35. The third kappa shape index (κ3) is 4.35. The fraction of sp³-hybridized carbons (Fsp3) is 0.391. The summed E-state index contributed by atoms with van der Waals surface area (Å²) >= 11 is 3.42. The fourth-order valence-electron chi connectivity index (χ4n) is 4.23. The zero-order valence-corrected chi connectivity index (χ0v) is 19.4. The van der Waals surface area contributed by atoms with E-state index in [0.717, 1.165) is 28.4 Å². The van der Waals surface area contributed by atoms with Gasteiger partial charge in [0.15, 0.2) is 5.65 Å². The van der Waals surface area contributed by atoms with Gasteiger partial charge in [-0.1, -0.05) is 24.3 Å². The topological polar surface area (TPSA) is 88.4 Å². The Kier molecular flexibility index (Phi) is 5.83. The maximum atomic E-state index is 13.0. The lowest BCUT2D eigenvalue weighted by atomic mass is 9.81. The number of hydrogen-bond donors (Lipinski definition) is 2. The van der Waals surface area contributed by atoms with Gasteiger partial charge < -0.3 is 10.6 Å².